The third kappa shape index (κ3) is 5.97. The smallest absolute Gasteiger partial charge is 0.143 e. The number of ether oxygens (including phenoxy) is 3. The highest BCUT2D eigenvalue weighted by atomic mass is 35.5. The third-order valence-corrected chi connectivity index (χ3v) is 5.41. The maximum absolute atomic E-state index is 10.3. The molecule has 1 unspecified atom stereocenters. The van der Waals surface area contributed by atoms with E-state index in [1.54, 1.807) is 14.2 Å². The van der Waals surface area contributed by atoms with E-state index in [9.17, 15) is 5.11 Å². The predicted molar refractivity (Wildman–Crippen MR) is 132 cm³/mol. The largest absolute Gasteiger partial charge is 0.497 e. The number of rotatable bonds is 9. The van der Waals surface area contributed by atoms with Crippen molar-refractivity contribution in [1.82, 2.24) is 0 Å². The average Bonchev–Trinajstić information content (AvgIpc) is 2.88. The summed E-state index contributed by atoms with van der Waals surface area (Å²) < 4.78 is 17.4. The molecule has 3 rings (SSSR count). The van der Waals surface area contributed by atoms with Crippen LogP contribution in [0.5, 0.6) is 11.5 Å². The first-order valence-electron chi connectivity index (χ1n) is 10.6. The van der Waals surface area contributed by atoms with Crippen molar-refractivity contribution in [2.75, 3.05) is 20.8 Å². The summed E-state index contributed by atoms with van der Waals surface area (Å²) in [5.74, 6) is 6.96. The molecule has 1 atom stereocenters. The molecule has 0 aliphatic heterocycles. The third-order valence-electron chi connectivity index (χ3n) is 5.28. The van der Waals surface area contributed by atoms with Gasteiger partial charge in [0.25, 0.3) is 0 Å². The van der Waals surface area contributed by atoms with Crippen molar-refractivity contribution in [2.45, 2.75) is 18.1 Å². The second-order valence-electron chi connectivity index (χ2n) is 7.24. The van der Waals surface area contributed by atoms with Crippen LogP contribution in [0.15, 0.2) is 90.5 Å². The van der Waals surface area contributed by atoms with Crippen LogP contribution in [0.2, 0.25) is 0 Å². The Morgan fingerprint density at radius 2 is 1.36 bits per heavy atom. The van der Waals surface area contributed by atoms with Crippen LogP contribution >= 0.6 is 11.6 Å². The van der Waals surface area contributed by atoms with Gasteiger partial charge >= 0.3 is 0 Å². The van der Waals surface area contributed by atoms with Gasteiger partial charge < -0.3 is 19.3 Å². The number of hydrogen-bond donors (Lipinski definition) is 1. The Morgan fingerprint density at radius 3 is 1.85 bits per heavy atom. The molecule has 33 heavy (non-hydrogen) atoms. The van der Waals surface area contributed by atoms with E-state index in [0.717, 1.165) is 28.2 Å². The molecule has 0 saturated carbocycles. The minimum Gasteiger partial charge on any atom is -0.497 e. The number of methoxy groups -OCH3 is 2. The summed E-state index contributed by atoms with van der Waals surface area (Å²) in [7, 11) is 3.28. The number of hydrogen-bond acceptors (Lipinski definition) is 4. The van der Waals surface area contributed by atoms with Gasteiger partial charge in [0.1, 0.15) is 23.2 Å². The molecule has 0 aromatic heterocycles. The second kappa shape index (κ2) is 12.1. The van der Waals surface area contributed by atoms with Crippen LogP contribution in [0, 0.1) is 11.8 Å². The predicted octanol–water partition coefficient (Wildman–Crippen LogP) is 5.52. The highest BCUT2D eigenvalue weighted by molar-refractivity contribution is 6.25. The Balaban J connectivity index is 2.07. The topological polar surface area (TPSA) is 47.9 Å². The molecule has 0 fully saturated rings. The molecule has 0 spiro atoms. The molecule has 170 valence electrons. The van der Waals surface area contributed by atoms with Crippen LogP contribution in [0.3, 0.4) is 0 Å². The fourth-order valence-electron chi connectivity index (χ4n) is 3.65. The molecule has 5 heteroatoms. The summed E-state index contributed by atoms with van der Waals surface area (Å²) in [6, 6.07) is 25.7. The lowest BCUT2D eigenvalue weighted by atomic mass is 9.80. The molecule has 1 N–H and O–H groups in total. The van der Waals surface area contributed by atoms with Gasteiger partial charge in [-0.2, -0.15) is 0 Å². The molecule has 3 aromatic rings. The van der Waals surface area contributed by atoms with Crippen molar-refractivity contribution in [1.29, 1.82) is 0 Å². The lowest BCUT2D eigenvalue weighted by Crippen LogP contribution is -2.34. The van der Waals surface area contributed by atoms with E-state index in [2.05, 4.69) is 11.8 Å². The van der Waals surface area contributed by atoms with Gasteiger partial charge in [-0.25, -0.2) is 0 Å². The van der Waals surface area contributed by atoms with E-state index in [1.165, 1.54) is 11.6 Å². The Bertz CT molecular complexity index is 1030. The van der Waals surface area contributed by atoms with Gasteiger partial charge in [0, 0.05) is 12.0 Å². The van der Waals surface area contributed by atoms with Gasteiger partial charge in [0.15, 0.2) is 0 Å². The van der Waals surface area contributed by atoms with Crippen LogP contribution in [-0.2, 0) is 10.3 Å². The summed E-state index contributed by atoms with van der Waals surface area (Å²) in [5, 5.41) is 10.3. The quantitative estimate of drug-likeness (QED) is 0.336. The van der Waals surface area contributed by atoms with E-state index in [-0.39, 0.29) is 6.61 Å². The minimum atomic E-state index is -0.914. The van der Waals surface area contributed by atoms with Crippen LogP contribution in [0.25, 0.3) is 0 Å². The van der Waals surface area contributed by atoms with Gasteiger partial charge in [-0.1, -0.05) is 78.0 Å². The van der Waals surface area contributed by atoms with Crippen LogP contribution in [0.1, 0.15) is 23.1 Å². The molecule has 0 aliphatic carbocycles. The molecule has 0 saturated heterocycles. The van der Waals surface area contributed by atoms with Gasteiger partial charge in [0.05, 0.1) is 20.8 Å². The summed E-state index contributed by atoms with van der Waals surface area (Å²) in [6.45, 7) is 0.271. The normalized spacial score (nSPS) is 12.1. The van der Waals surface area contributed by atoms with E-state index in [1.807, 2.05) is 78.9 Å². The number of halogens is 1. The molecule has 0 heterocycles. The number of benzene rings is 3. The highest BCUT2D eigenvalue weighted by Gasteiger charge is 2.37. The Labute approximate surface area is 200 Å². The SMILES string of the molecule is COc1ccc(C(OCCC(O)C#CC=CCl)(c2ccccc2)c2ccc(OC)cc2)cc1. The highest BCUT2D eigenvalue weighted by Crippen LogP contribution is 2.41. The first kappa shape index (κ1) is 24.4. The molecule has 0 amide bonds. The zero-order chi connectivity index (χ0) is 23.5. The first-order chi connectivity index (χ1) is 16.1. The maximum atomic E-state index is 10.3. The lowest BCUT2D eigenvalue weighted by Gasteiger charge is -2.36. The molecule has 0 radical (unpaired) electrons. The number of allylic oxidation sites excluding steroid dienone is 1. The lowest BCUT2D eigenvalue weighted by molar-refractivity contribution is 0.000749. The van der Waals surface area contributed by atoms with Crippen LogP contribution in [0.4, 0.5) is 0 Å². The molecule has 4 nitrogen and oxygen atoms in total. The van der Waals surface area contributed by atoms with Crippen molar-refractivity contribution >= 4 is 11.6 Å². The average molecular weight is 463 g/mol. The van der Waals surface area contributed by atoms with E-state index < -0.39 is 11.7 Å². The molecule has 3 aromatic carbocycles. The molecular weight excluding hydrogens is 436 g/mol. The van der Waals surface area contributed by atoms with Crippen molar-refractivity contribution < 1.29 is 19.3 Å². The van der Waals surface area contributed by atoms with Crippen molar-refractivity contribution in [3.63, 3.8) is 0 Å². The van der Waals surface area contributed by atoms with E-state index in [0.29, 0.717) is 6.42 Å². The summed E-state index contributed by atoms with van der Waals surface area (Å²) in [5.41, 5.74) is 3.23. The molecular formula is C28H27ClO4. The van der Waals surface area contributed by atoms with Crippen molar-refractivity contribution in [2.24, 2.45) is 0 Å². The van der Waals surface area contributed by atoms with Crippen LogP contribution in [-0.4, -0.2) is 32.0 Å². The van der Waals surface area contributed by atoms with Gasteiger partial charge in [-0.3, -0.25) is 0 Å². The zero-order valence-corrected chi connectivity index (χ0v) is 19.5. The Morgan fingerprint density at radius 1 is 0.848 bits per heavy atom. The standard InChI is InChI=1S/C28H27ClO4/c1-31-26-15-11-23(12-16-26)28(22-8-4-3-5-9-22,24-13-17-27(32-2)18-14-24)33-21-19-25(30)10-6-7-20-29/h3-5,7-9,11-18,20,25,30H,19,21H2,1-2H3. The fourth-order valence-corrected chi connectivity index (χ4v) is 3.71. The summed E-state index contributed by atoms with van der Waals surface area (Å²) in [6.07, 6.45) is 0.983. The fraction of sp³-hybridized carbons (Fsp3) is 0.214. The van der Waals surface area contributed by atoms with E-state index >= 15 is 0 Å². The Hall–Kier alpha value is -3.23. The van der Waals surface area contributed by atoms with E-state index in [4.69, 9.17) is 25.8 Å². The van der Waals surface area contributed by atoms with Crippen molar-refractivity contribution in [3.8, 4) is 23.3 Å². The Kier molecular flexibility index (Phi) is 8.97. The van der Waals surface area contributed by atoms with Gasteiger partial charge in [0.2, 0.25) is 0 Å². The maximum Gasteiger partial charge on any atom is 0.143 e. The van der Waals surface area contributed by atoms with Crippen molar-refractivity contribution in [3.05, 3.63) is 107 Å². The number of aliphatic hydroxyl groups excluding tert-OH is 1. The molecule has 0 bridgehead atoms. The monoisotopic (exact) mass is 462 g/mol. The summed E-state index contributed by atoms with van der Waals surface area (Å²) in [4.78, 5) is 0. The second-order valence-corrected chi connectivity index (χ2v) is 7.49. The first-order valence-corrected chi connectivity index (χ1v) is 11.0. The molecule has 0 aliphatic rings. The summed E-state index contributed by atoms with van der Waals surface area (Å²) >= 11 is 5.49. The number of aliphatic hydroxyl groups is 1. The minimum absolute atomic E-state index is 0.271. The zero-order valence-electron chi connectivity index (χ0n) is 18.7. The van der Waals surface area contributed by atoms with Crippen LogP contribution < -0.4 is 9.47 Å². The van der Waals surface area contributed by atoms with Gasteiger partial charge in [-0.15, -0.1) is 0 Å². The van der Waals surface area contributed by atoms with Gasteiger partial charge in [-0.05, 0) is 47.0 Å².